The van der Waals surface area contributed by atoms with E-state index in [9.17, 15) is 63.3 Å². The van der Waals surface area contributed by atoms with Crippen LogP contribution in [-0.4, -0.2) is 145 Å². The lowest BCUT2D eigenvalue weighted by molar-refractivity contribution is -0.142. The van der Waals surface area contributed by atoms with Gasteiger partial charge in [0.25, 0.3) is 0 Å². The van der Waals surface area contributed by atoms with E-state index in [0.717, 1.165) is 0 Å². The van der Waals surface area contributed by atoms with Crippen LogP contribution in [0.15, 0.2) is 42.9 Å². The van der Waals surface area contributed by atoms with E-state index in [4.69, 9.17) is 5.73 Å². The molecule has 0 bridgehead atoms. The molecule has 0 unspecified atom stereocenters. The lowest BCUT2D eigenvalue weighted by Crippen LogP contribution is -2.61. The number of hydrogen-bond acceptors (Lipinski definition) is 13. The third kappa shape index (κ3) is 19.3. The number of aromatic amines is 1. The van der Waals surface area contributed by atoms with Gasteiger partial charge >= 0.3 is 11.9 Å². The monoisotopic (exact) mass is 972 g/mol. The molecule has 8 amide bonds. The molecular formula is C45H69N11O13. The van der Waals surface area contributed by atoms with Gasteiger partial charge in [-0.2, -0.15) is 0 Å². The summed E-state index contributed by atoms with van der Waals surface area (Å²) in [6.45, 7) is 11.8. The average Bonchev–Trinajstić information content (AvgIpc) is 3.82. The van der Waals surface area contributed by atoms with E-state index in [2.05, 4.69) is 52.5 Å². The van der Waals surface area contributed by atoms with E-state index in [1.807, 2.05) is 0 Å². The second-order valence-corrected chi connectivity index (χ2v) is 17.5. The fourth-order valence-corrected chi connectivity index (χ4v) is 6.63. The number of hydrogen-bond donors (Lipinski definition) is 13. The molecule has 1 aromatic carbocycles. The van der Waals surface area contributed by atoms with Crippen molar-refractivity contribution in [2.24, 2.45) is 23.5 Å². The minimum atomic E-state index is -1.53. The molecule has 10 atom stereocenters. The maximum atomic E-state index is 13.8. The number of carbonyl (C=O) groups is 10. The van der Waals surface area contributed by atoms with Gasteiger partial charge in [-0.1, -0.05) is 78.3 Å². The zero-order valence-electron chi connectivity index (χ0n) is 40.2. The SMILES string of the molecule is CC[C@H](C)[C@H](NC(=O)[C@@H](NC(=O)[C@@H](N)CO)C(C)C)C(=O)N[C@@H](CCC(=O)O)C(=O)N[C@@H](C)C(=O)N[C@H](C(=O)N[C@@H](C)C(=O)N[C@@H](Cc1cnc[nH]1)C(=O)N[C@@H](Cc1ccccc1)C(=O)O)C(C)C. The van der Waals surface area contributed by atoms with Gasteiger partial charge in [0.2, 0.25) is 47.3 Å². The second kappa shape index (κ2) is 28.4. The number of imidazole rings is 1. The number of carboxylic acid groups (broad SMARTS) is 2. The van der Waals surface area contributed by atoms with E-state index < -0.39 is 151 Å². The lowest BCUT2D eigenvalue weighted by Gasteiger charge is -2.30. The number of H-pyrrole nitrogens is 1. The topological polar surface area (TPSA) is 382 Å². The molecule has 1 aromatic heterocycles. The standard InChI is InChI=1S/C45H69N11O13/c1-9-24(6)36(56-43(66)35(23(4)5)55-39(62)29(46)20-57)44(67)51-30(15-16-33(58)59)40(63)49-26(8)38(61)54-34(22(2)3)42(65)50-25(7)37(60)52-31(18-28-19-47-21-48-28)41(64)53-32(45(68)69)17-27-13-11-10-12-14-27/h10-14,19,21-26,29-32,34-36,57H,9,15-18,20,46H2,1-8H3,(H,47,48)(H,49,63)(H,50,65)(H,51,67)(H,52,60)(H,53,64)(H,54,61)(H,55,62)(H,56,66)(H,58,59)(H,68,69)/t24-,25-,26-,29-,30-,31-,32-,34-,35-,36-/m0/s1. The van der Waals surface area contributed by atoms with Gasteiger partial charge in [0.1, 0.15) is 54.4 Å². The van der Waals surface area contributed by atoms with Crippen molar-refractivity contribution < 1.29 is 63.3 Å². The summed E-state index contributed by atoms with van der Waals surface area (Å²) in [5.74, 6) is -11.0. The Morgan fingerprint density at radius 1 is 0.594 bits per heavy atom. The summed E-state index contributed by atoms with van der Waals surface area (Å²) in [5.41, 5.74) is 6.68. The summed E-state index contributed by atoms with van der Waals surface area (Å²) in [5, 5.41) is 48.6. The van der Waals surface area contributed by atoms with Crippen LogP contribution < -0.4 is 48.3 Å². The number of aliphatic carboxylic acids is 2. The first-order chi connectivity index (χ1) is 32.4. The highest BCUT2D eigenvalue weighted by Gasteiger charge is 2.36. The Hall–Kier alpha value is -6.95. The summed E-state index contributed by atoms with van der Waals surface area (Å²) in [4.78, 5) is 138. The van der Waals surface area contributed by atoms with E-state index in [-0.39, 0.29) is 12.8 Å². The van der Waals surface area contributed by atoms with Crippen LogP contribution in [0.5, 0.6) is 0 Å². The molecule has 2 rings (SSSR count). The van der Waals surface area contributed by atoms with E-state index in [1.165, 1.54) is 26.4 Å². The number of nitrogens with zero attached hydrogens (tertiary/aromatic N) is 1. The van der Waals surface area contributed by atoms with Crippen LogP contribution in [0.3, 0.4) is 0 Å². The van der Waals surface area contributed by atoms with Crippen LogP contribution in [0, 0.1) is 17.8 Å². The number of amides is 8. The first-order valence-corrected chi connectivity index (χ1v) is 22.7. The van der Waals surface area contributed by atoms with Crippen LogP contribution in [-0.2, 0) is 60.8 Å². The molecule has 24 heteroatoms. The first kappa shape index (κ1) is 58.2. The van der Waals surface area contributed by atoms with Crippen LogP contribution in [0.2, 0.25) is 0 Å². The van der Waals surface area contributed by atoms with E-state index >= 15 is 0 Å². The molecule has 0 fully saturated rings. The summed E-state index contributed by atoms with van der Waals surface area (Å²) in [6.07, 6.45) is 1.95. The molecule has 2 aromatic rings. The van der Waals surface area contributed by atoms with Gasteiger partial charge < -0.3 is 68.6 Å². The van der Waals surface area contributed by atoms with Crippen molar-refractivity contribution >= 4 is 59.2 Å². The van der Waals surface area contributed by atoms with Gasteiger partial charge in [0.05, 0.1) is 12.9 Å². The Bertz CT molecular complexity index is 2070. The third-order valence-corrected chi connectivity index (χ3v) is 11.1. The Balaban J connectivity index is 2.19. The number of aromatic nitrogens is 2. The van der Waals surface area contributed by atoms with Gasteiger partial charge in [-0.3, -0.25) is 43.2 Å². The van der Waals surface area contributed by atoms with Crippen LogP contribution >= 0.6 is 0 Å². The molecule has 1 heterocycles. The minimum Gasteiger partial charge on any atom is -0.481 e. The molecule has 0 radical (unpaired) electrons. The minimum absolute atomic E-state index is 0.0426. The number of carboxylic acids is 2. The number of nitrogens with two attached hydrogens (primary N) is 1. The van der Waals surface area contributed by atoms with Crippen molar-refractivity contribution in [2.75, 3.05) is 6.61 Å². The highest BCUT2D eigenvalue weighted by atomic mass is 16.4. The van der Waals surface area contributed by atoms with Gasteiger partial charge in [-0.25, -0.2) is 9.78 Å². The Morgan fingerprint density at radius 3 is 1.58 bits per heavy atom. The van der Waals surface area contributed by atoms with Crippen molar-refractivity contribution in [1.82, 2.24) is 52.5 Å². The van der Waals surface area contributed by atoms with Crippen LogP contribution in [0.4, 0.5) is 0 Å². The summed E-state index contributed by atoms with van der Waals surface area (Å²) in [7, 11) is 0. The number of aliphatic hydroxyl groups excluding tert-OH is 1. The maximum Gasteiger partial charge on any atom is 0.326 e. The second-order valence-electron chi connectivity index (χ2n) is 17.5. The lowest BCUT2D eigenvalue weighted by atomic mass is 9.95. The number of nitrogens with one attached hydrogen (secondary N) is 9. The third-order valence-electron chi connectivity index (χ3n) is 11.1. The number of carbonyl (C=O) groups excluding carboxylic acids is 8. The molecule has 0 aliphatic heterocycles. The molecule has 0 saturated heterocycles. The molecule has 0 saturated carbocycles. The summed E-state index contributed by atoms with van der Waals surface area (Å²) in [6, 6.07) is -3.32. The van der Waals surface area contributed by atoms with Gasteiger partial charge in [0.15, 0.2) is 0 Å². The van der Waals surface area contributed by atoms with E-state index in [1.54, 1.807) is 71.9 Å². The highest BCUT2D eigenvalue weighted by Crippen LogP contribution is 2.13. The van der Waals surface area contributed by atoms with Gasteiger partial charge in [-0.15, -0.1) is 0 Å². The first-order valence-electron chi connectivity index (χ1n) is 22.7. The molecule has 0 aliphatic carbocycles. The van der Waals surface area contributed by atoms with Crippen molar-refractivity contribution in [3.8, 4) is 0 Å². The van der Waals surface area contributed by atoms with Crippen LogP contribution in [0.1, 0.15) is 85.9 Å². The Kier molecular flexibility index (Phi) is 23.9. The Morgan fingerprint density at radius 2 is 1.07 bits per heavy atom. The predicted molar refractivity (Wildman–Crippen MR) is 248 cm³/mol. The highest BCUT2D eigenvalue weighted by molar-refractivity contribution is 5.98. The zero-order valence-corrected chi connectivity index (χ0v) is 40.2. The average molecular weight is 972 g/mol. The zero-order chi connectivity index (χ0) is 52.1. The fourth-order valence-electron chi connectivity index (χ4n) is 6.63. The number of benzene rings is 1. The summed E-state index contributed by atoms with van der Waals surface area (Å²) >= 11 is 0. The largest absolute Gasteiger partial charge is 0.481 e. The molecule has 69 heavy (non-hydrogen) atoms. The molecule has 0 spiro atoms. The van der Waals surface area contributed by atoms with E-state index in [0.29, 0.717) is 17.7 Å². The quantitative estimate of drug-likeness (QED) is 0.0409. The molecule has 14 N–H and O–H groups in total. The number of aliphatic hydroxyl groups is 1. The molecule has 382 valence electrons. The smallest absolute Gasteiger partial charge is 0.326 e. The normalized spacial score (nSPS) is 15.5. The molecule has 24 nitrogen and oxygen atoms in total. The number of rotatable bonds is 29. The predicted octanol–water partition coefficient (Wildman–Crippen LogP) is -2.26. The fraction of sp³-hybridized carbons (Fsp3) is 0.578. The maximum absolute atomic E-state index is 13.8. The Labute approximate surface area is 400 Å². The van der Waals surface area contributed by atoms with Crippen molar-refractivity contribution in [1.29, 1.82) is 0 Å². The van der Waals surface area contributed by atoms with Crippen molar-refractivity contribution in [3.63, 3.8) is 0 Å². The van der Waals surface area contributed by atoms with Gasteiger partial charge in [-0.05, 0) is 43.6 Å². The molecule has 0 aliphatic rings. The van der Waals surface area contributed by atoms with Crippen molar-refractivity contribution in [2.45, 2.75) is 142 Å². The summed E-state index contributed by atoms with van der Waals surface area (Å²) < 4.78 is 0. The van der Waals surface area contributed by atoms with Crippen LogP contribution in [0.25, 0.3) is 0 Å². The van der Waals surface area contributed by atoms with Crippen molar-refractivity contribution in [3.05, 3.63) is 54.1 Å². The van der Waals surface area contributed by atoms with Gasteiger partial charge in [0, 0.05) is 31.2 Å². The molecular weight excluding hydrogens is 903 g/mol.